The van der Waals surface area contributed by atoms with Gasteiger partial charge in [-0.3, -0.25) is 9.59 Å². The van der Waals surface area contributed by atoms with Gasteiger partial charge in [-0.25, -0.2) is 0 Å². The fourth-order valence-corrected chi connectivity index (χ4v) is 2.66. The molecule has 0 aliphatic carbocycles. The number of amides is 1. The smallest absolute Gasteiger partial charge is 0.404 e. The van der Waals surface area contributed by atoms with Crippen LogP contribution < -0.4 is 15.6 Å². The summed E-state index contributed by atoms with van der Waals surface area (Å²) in [5.74, 6) is -1.04. The van der Waals surface area contributed by atoms with Crippen molar-refractivity contribution in [3.63, 3.8) is 0 Å². The monoisotopic (exact) mass is 379 g/mol. The third-order valence-corrected chi connectivity index (χ3v) is 3.91. The van der Waals surface area contributed by atoms with Crippen LogP contribution in [0.2, 0.25) is 0 Å². The Morgan fingerprint density at radius 1 is 1.30 bits per heavy atom. The van der Waals surface area contributed by atoms with E-state index in [-0.39, 0.29) is 24.1 Å². The van der Waals surface area contributed by atoms with Crippen LogP contribution in [0.3, 0.4) is 0 Å². The number of nitrogens with one attached hydrogen (secondary N) is 2. The average molecular weight is 379 g/mol. The highest BCUT2D eigenvalue weighted by atomic mass is 19.4. The summed E-state index contributed by atoms with van der Waals surface area (Å²) in [4.78, 5) is 26.4. The number of carbonyl (C=O) groups is 1. The Morgan fingerprint density at radius 3 is 2.59 bits per heavy atom. The maximum Gasteiger partial charge on any atom is 0.573 e. The van der Waals surface area contributed by atoms with Crippen molar-refractivity contribution in [1.29, 1.82) is 5.26 Å². The van der Waals surface area contributed by atoms with Crippen LogP contribution in [0, 0.1) is 25.2 Å². The number of aromatic nitrogens is 1. The van der Waals surface area contributed by atoms with E-state index in [0.29, 0.717) is 16.8 Å². The van der Waals surface area contributed by atoms with E-state index in [4.69, 9.17) is 5.26 Å². The van der Waals surface area contributed by atoms with Gasteiger partial charge in [-0.05, 0) is 43.5 Å². The van der Waals surface area contributed by atoms with E-state index in [2.05, 4.69) is 15.0 Å². The number of carbonyl (C=O) groups excluding carboxylic acids is 1. The summed E-state index contributed by atoms with van der Waals surface area (Å²) in [6, 6.07) is 7.03. The van der Waals surface area contributed by atoms with Crippen LogP contribution in [0.1, 0.15) is 28.8 Å². The number of pyridine rings is 1. The standard InChI is InChI=1S/C18H16F3N3O3/c1-10-12(11(2)23-17(26)13(10)9-22)7-8-16(25)24-14-5-3-4-6-15(14)27-18(19,20)21/h3-6H,7-8H2,1-2H3,(H,23,26)(H,24,25). The van der Waals surface area contributed by atoms with E-state index in [1.165, 1.54) is 18.2 Å². The van der Waals surface area contributed by atoms with Crippen molar-refractivity contribution in [1.82, 2.24) is 4.98 Å². The average Bonchev–Trinajstić information content (AvgIpc) is 2.55. The van der Waals surface area contributed by atoms with Crippen molar-refractivity contribution in [3.8, 4) is 11.8 Å². The Morgan fingerprint density at radius 2 is 1.96 bits per heavy atom. The molecule has 6 nitrogen and oxygen atoms in total. The highest BCUT2D eigenvalue weighted by molar-refractivity contribution is 5.92. The number of anilines is 1. The molecule has 0 atom stereocenters. The van der Waals surface area contributed by atoms with E-state index in [1.54, 1.807) is 13.8 Å². The Bertz CT molecular complexity index is 959. The Labute approximate surface area is 152 Å². The number of rotatable bonds is 5. The molecule has 142 valence electrons. The van der Waals surface area contributed by atoms with Gasteiger partial charge in [0, 0.05) is 12.1 Å². The third kappa shape index (κ3) is 5.10. The highest BCUT2D eigenvalue weighted by Crippen LogP contribution is 2.30. The number of nitriles is 1. The molecule has 2 aromatic rings. The molecule has 0 fully saturated rings. The van der Waals surface area contributed by atoms with E-state index < -0.39 is 23.6 Å². The first kappa shape index (κ1) is 20.0. The minimum Gasteiger partial charge on any atom is -0.404 e. The molecule has 0 radical (unpaired) electrons. The van der Waals surface area contributed by atoms with Gasteiger partial charge in [0.1, 0.15) is 11.6 Å². The number of aryl methyl sites for hydroxylation is 1. The molecule has 27 heavy (non-hydrogen) atoms. The molecule has 2 N–H and O–H groups in total. The number of hydrogen-bond donors (Lipinski definition) is 2. The topological polar surface area (TPSA) is 95.0 Å². The molecule has 1 aromatic heterocycles. The first-order valence-corrected chi connectivity index (χ1v) is 7.89. The van der Waals surface area contributed by atoms with Crippen molar-refractivity contribution >= 4 is 11.6 Å². The normalized spacial score (nSPS) is 11.0. The van der Waals surface area contributed by atoms with E-state index >= 15 is 0 Å². The molecule has 1 amide bonds. The number of H-pyrrole nitrogens is 1. The van der Waals surface area contributed by atoms with Crippen LogP contribution in [0.4, 0.5) is 18.9 Å². The number of para-hydroxylation sites is 2. The van der Waals surface area contributed by atoms with Gasteiger partial charge in [-0.1, -0.05) is 12.1 Å². The summed E-state index contributed by atoms with van der Waals surface area (Å²) in [5, 5.41) is 11.4. The second-order valence-corrected chi connectivity index (χ2v) is 5.76. The molecule has 0 bridgehead atoms. The Hall–Kier alpha value is -3.28. The predicted molar refractivity (Wildman–Crippen MR) is 91.3 cm³/mol. The fraction of sp³-hybridized carbons (Fsp3) is 0.278. The number of alkyl halides is 3. The van der Waals surface area contributed by atoms with Gasteiger partial charge >= 0.3 is 6.36 Å². The highest BCUT2D eigenvalue weighted by Gasteiger charge is 2.32. The van der Waals surface area contributed by atoms with E-state index in [9.17, 15) is 22.8 Å². The summed E-state index contributed by atoms with van der Waals surface area (Å²) in [6.07, 6.45) is -4.73. The van der Waals surface area contributed by atoms with Gasteiger partial charge in [-0.15, -0.1) is 13.2 Å². The van der Waals surface area contributed by atoms with Crippen LogP contribution in [0.5, 0.6) is 5.75 Å². The number of aromatic amines is 1. The van der Waals surface area contributed by atoms with Crippen LogP contribution in [-0.4, -0.2) is 17.3 Å². The fourth-order valence-electron chi connectivity index (χ4n) is 2.66. The van der Waals surface area contributed by atoms with Crippen molar-refractivity contribution in [2.75, 3.05) is 5.32 Å². The molecular formula is C18H16F3N3O3. The lowest BCUT2D eigenvalue weighted by Gasteiger charge is -2.14. The van der Waals surface area contributed by atoms with Crippen molar-refractivity contribution in [3.05, 3.63) is 57.0 Å². The Balaban J connectivity index is 2.13. The molecule has 0 aliphatic rings. The van der Waals surface area contributed by atoms with Gasteiger partial charge in [0.15, 0.2) is 5.75 Å². The van der Waals surface area contributed by atoms with Crippen molar-refractivity contribution in [2.45, 2.75) is 33.1 Å². The lowest BCUT2D eigenvalue weighted by atomic mass is 9.99. The molecule has 0 unspecified atom stereocenters. The summed E-state index contributed by atoms with van der Waals surface area (Å²) < 4.78 is 41.2. The zero-order valence-electron chi connectivity index (χ0n) is 14.5. The number of hydrogen-bond acceptors (Lipinski definition) is 4. The quantitative estimate of drug-likeness (QED) is 0.833. The molecule has 1 heterocycles. The number of nitrogens with zero attached hydrogens (tertiary/aromatic N) is 1. The van der Waals surface area contributed by atoms with Crippen LogP contribution >= 0.6 is 0 Å². The van der Waals surface area contributed by atoms with Crippen LogP contribution in [0.25, 0.3) is 0 Å². The second-order valence-electron chi connectivity index (χ2n) is 5.76. The summed E-state index contributed by atoms with van der Waals surface area (Å²) in [5.41, 5.74) is 1.02. The second kappa shape index (κ2) is 7.95. The molecule has 0 saturated carbocycles. The van der Waals surface area contributed by atoms with Gasteiger partial charge in [0.2, 0.25) is 5.91 Å². The minimum atomic E-state index is -4.88. The zero-order valence-corrected chi connectivity index (χ0v) is 14.5. The molecular weight excluding hydrogens is 363 g/mol. The largest absolute Gasteiger partial charge is 0.573 e. The maximum atomic E-state index is 12.4. The number of benzene rings is 1. The Kier molecular flexibility index (Phi) is 5.90. The summed E-state index contributed by atoms with van der Waals surface area (Å²) >= 11 is 0. The predicted octanol–water partition coefficient (Wildman–Crippen LogP) is 3.33. The van der Waals surface area contributed by atoms with E-state index in [0.717, 1.165) is 6.07 Å². The van der Waals surface area contributed by atoms with Gasteiger partial charge in [-0.2, -0.15) is 5.26 Å². The van der Waals surface area contributed by atoms with E-state index in [1.807, 2.05) is 6.07 Å². The minimum absolute atomic E-state index is 0.0278. The lowest BCUT2D eigenvalue weighted by Crippen LogP contribution is -2.20. The summed E-state index contributed by atoms with van der Waals surface area (Å²) in [7, 11) is 0. The SMILES string of the molecule is Cc1[nH]c(=O)c(C#N)c(C)c1CCC(=O)Nc1ccccc1OC(F)(F)F. The van der Waals surface area contributed by atoms with Gasteiger partial charge in [0.25, 0.3) is 5.56 Å². The zero-order chi connectivity index (χ0) is 20.2. The first-order chi connectivity index (χ1) is 12.6. The number of halogens is 3. The molecule has 0 aliphatic heterocycles. The molecule has 0 spiro atoms. The van der Waals surface area contributed by atoms with Crippen LogP contribution in [-0.2, 0) is 11.2 Å². The molecule has 1 aromatic carbocycles. The van der Waals surface area contributed by atoms with Gasteiger partial charge < -0.3 is 15.0 Å². The molecule has 2 rings (SSSR count). The van der Waals surface area contributed by atoms with Crippen molar-refractivity contribution in [2.24, 2.45) is 0 Å². The summed E-state index contributed by atoms with van der Waals surface area (Å²) in [6.45, 7) is 3.26. The van der Waals surface area contributed by atoms with Crippen molar-refractivity contribution < 1.29 is 22.7 Å². The van der Waals surface area contributed by atoms with Gasteiger partial charge in [0.05, 0.1) is 5.69 Å². The molecule has 0 saturated heterocycles. The number of ether oxygens (including phenoxy) is 1. The van der Waals surface area contributed by atoms with Crippen LogP contribution in [0.15, 0.2) is 29.1 Å². The third-order valence-electron chi connectivity index (χ3n) is 3.91. The lowest BCUT2D eigenvalue weighted by molar-refractivity contribution is -0.274. The first-order valence-electron chi connectivity index (χ1n) is 7.89. The molecule has 9 heteroatoms. The maximum absolute atomic E-state index is 12.4.